The van der Waals surface area contributed by atoms with Crippen LogP contribution in [0.15, 0.2) is 72.9 Å². The Kier molecular flexibility index (Phi) is 6.26. The second kappa shape index (κ2) is 9.44. The monoisotopic (exact) mass is 445 g/mol. The maximum absolute atomic E-state index is 12.9. The normalized spacial score (nSPS) is 11.7. The second-order valence-electron chi connectivity index (χ2n) is 7.44. The highest BCUT2D eigenvalue weighted by atomic mass is 16.6. The van der Waals surface area contributed by atoms with Gasteiger partial charge in [-0.15, -0.1) is 0 Å². The number of aromatic nitrogens is 1. The van der Waals surface area contributed by atoms with Gasteiger partial charge >= 0.3 is 0 Å². The first-order valence-electron chi connectivity index (χ1n) is 10.3. The van der Waals surface area contributed by atoms with E-state index < -0.39 is 10.8 Å². The van der Waals surface area contributed by atoms with Crippen molar-refractivity contribution in [1.82, 2.24) is 10.3 Å². The lowest BCUT2D eigenvalue weighted by Crippen LogP contribution is -2.29. The van der Waals surface area contributed by atoms with E-state index in [1.54, 1.807) is 20.3 Å². The lowest BCUT2D eigenvalue weighted by Gasteiger charge is -2.22. The third-order valence-corrected chi connectivity index (χ3v) is 5.59. The van der Waals surface area contributed by atoms with E-state index in [0.29, 0.717) is 11.5 Å². The van der Waals surface area contributed by atoms with E-state index in [-0.39, 0.29) is 23.7 Å². The van der Waals surface area contributed by atoms with Crippen molar-refractivity contribution >= 4 is 22.5 Å². The first-order valence-corrected chi connectivity index (χ1v) is 10.3. The molecule has 0 aliphatic heterocycles. The lowest BCUT2D eigenvalue weighted by atomic mass is 9.89. The van der Waals surface area contributed by atoms with E-state index in [9.17, 15) is 14.9 Å². The fraction of sp³-hybridized carbons (Fsp3) is 0.160. The van der Waals surface area contributed by atoms with Gasteiger partial charge in [0.05, 0.1) is 19.1 Å². The maximum atomic E-state index is 12.9. The Morgan fingerprint density at radius 3 is 2.58 bits per heavy atom. The molecular weight excluding hydrogens is 422 g/mol. The topological polar surface area (TPSA) is 106 Å². The molecule has 1 amide bonds. The molecule has 0 saturated heterocycles. The largest absolute Gasteiger partial charge is 0.493 e. The molecule has 1 atom stereocenters. The Morgan fingerprint density at radius 2 is 1.82 bits per heavy atom. The van der Waals surface area contributed by atoms with Crippen molar-refractivity contribution in [1.29, 1.82) is 0 Å². The van der Waals surface area contributed by atoms with Crippen molar-refractivity contribution in [2.75, 3.05) is 20.8 Å². The molecule has 2 N–H and O–H groups in total. The highest BCUT2D eigenvalue weighted by Gasteiger charge is 2.24. The van der Waals surface area contributed by atoms with Crippen LogP contribution >= 0.6 is 0 Å². The summed E-state index contributed by atoms with van der Waals surface area (Å²) in [6.07, 6.45) is 1.92. The average molecular weight is 445 g/mol. The molecule has 0 fully saturated rings. The third kappa shape index (κ3) is 4.36. The molecule has 33 heavy (non-hydrogen) atoms. The number of non-ortho nitro benzene ring substituents is 1. The number of ether oxygens (including phenoxy) is 2. The summed E-state index contributed by atoms with van der Waals surface area (Å²) in [5.41, 5.74) is 2.89. The minimum absolute atomic E-state index is 0.134. The molecule has 0 aliphatic carbocycles. The Bertz CT molecular complexity index is 1310. The van der Waals surface area contributed by atoms with Crippen LogP contribution in [0.3, 0.4) is 0 Å². The van der Waals surface area contributed by atoms with Crippen molar-refractivity contribution in [3.05, 3.63) is 99.7 Å². The van der Waals surface area contributed by atoms with Crippen LogP contribution in [0.1, 0.15) is 27.4 Å². The Balaban J connectivity index is 1.72. The van der Waals surface area contributed by atoms with E-state index in [2.05, 4.69) is 10.3 Å². The predicted octanol–water partition coefficient (Wildman–Crippen LogP) is 4.66. The number of hydrogen-bond donors (Lipinski definition) is 2. The van der Waals surface area contributed by atoms with Gasteiger partial charge in [-0.3, -0.25) is 14.9 Å². The molecule has 4 rings (SSSR count). The van der Waals surface area contributed by atoms with Gasteiger partial charge in [0.2, 0.25) is 0 Å². The molecule has 0 radical (unpaired) electrons. The molecule has 0 aliphatic rings. The molecule has 0 spiro atoms. The van der Waals surface area contributed by atoms with Crippen LogP contribution < -0.4 is 14.8 Å². The number of amides is 1. The summed E-state index contributed by atoms with van der Waals surface area (Å²) >= 11 is 0. The number of nitro benzene ring substituents is 1. The number of carbonyl (C=O) groups excluding carboxylic acids is 1. The van der Waals surface area contributed by atoms with Gasteiger partial charge in [-0.25, -0.2) is 0 Å². The van der Waals surface area contributed by atoms with Gasteiger partial charge < -0.3 is 19.8 Å². The van der Waals surface area contributed by atoms with Crippen LogP contribution in [-0.4, -0.2) is 36.6 Å². The second-order valence-corrected chi connectivity index (χ2v) is 7.44. The van der Waals surface area contributed by atoms with Gasteiger partial charge in [0.1, 0.15) is 0 Å². The zero-order valence-corrected chi connectivity index (χ0v) is 18.2. The predicted molar refractivity (Wildman–Crippen MR) is 125 cm³/mol. The van der Waals surface area contributed by atoms with E-state index in [1.165, 1.54) is 18.2 Å². The van der Waals surface area contributed by atoms with Gasteiger partial charge in [0, 0.05) is 52.8 Å². The first kappa shape index (κ1) is 21.9. The average Bonchev–Trinajstić information content (AvgIpc) is 3.27. The summed E-state index contributed by atoms with van der Waals surface area (Å²) in [6, 6.07) is 19.2. The number of nitro groups is 1. The zero-order valence-electron chi connectivity index (χ0n) is 18.2. The van der Waals surface area contributed by atoms with E-state index in [4.69, 9.17) is 9.47 Å². The van der Waals surface area contributed by atoms with E-state index >= 15 is 0 Å². The van der Waals surface area contributed by atoms with Crippen LogP contribution in [-0.2, 0) is 0 Å². The van der Waals surface area contributed by atoms with Gasteiger partial charge in [-0.1, -0.05) is 36.4 Å². The van der Waals surface area contributed by atoms with Crippen LogP contribution in [0, 0.1) is 10.1 Å². The van der Waals surface area contributed by atoms with E-state index in [0.717, 1.165) is 22.0 Å². The zero-order chi connectivity index (χ0) is 23.4. The van der Waals surface area contributed by atoms with Crippen molar-refractivity contribution in [3.63, 3.8) is 0 Å². The van der Waals surface area contributed by atoms with Crippen LogP contribution in [0.25, 0.3) is 10.9 Å². The van der Waals surface area contributed by atoms with Crippen molar-refractivity contribution < 1.29 is 19.2 Å². The van der Waals surface area contributed by atoms with Crippen molar-refractivity contribution in [2.24, 2.45) is 0 Å². The number of aromatic amines is 1. The summed E-state index contributed by atoms with van der Waals surface area (Å²) in [5.74, 6) is 0.504. The first-order chi connectivity index (χ1) is 16.0. The number of rotatable bonds is 8. The summed E-state index contributed by atoms with van der Waals surface area (Å²) in [6.45, 7) is 0.243. The van der Waals surface area contributed by atoms with Gasteiger partial charge in [0.25, 0.3) is 11.6 Å². The summed E-state index contributed by atoms with van der Waals surface area (Å²) < 4.78 is 11.1. The Hall–Kier alpha value is -4.33. The number of hydrogen-bond acceptors (Lipinski definition) is 5. The van der Waals surface area contributed by atoms with Gasteiger partial charge in [-0.2, -0.15) is 0 Å². The van der Waals surface area contributed by atoms with Gasteiger partial charge in [-0.05, 0) is 23.8 Å². The highest BCUT2D eigenvalue weighted by Crippen LogP contribution is 2.40. The fourth-order valence-corrected chi connectivity index (χ4v) is 4.01. The fourth-order valence-electron chi connectivity index (χ4n) is 4.01. The van der Waals surface area contributed by atoms with Crippen LogP contribution in [0.5, 0.6) is 11.5 Å². The summed E-state index contributed by atoms with van der Waals surface area (Å²) in [7, 11) is 3.15. The summed E-state index contributed by atoms with van der Waals surface area (Å²) in [5, 5.41) is 15.0. The van der Waals surface area contributed by atoms with Crippen LogP contribution in [0.4, 0.5) is 5.69 Å². The molecule has 4 aromatic rings. The number of nitrogens with zero attached hydrogens (tertiary/aromatic N) is 1. The van der Waals surface area contributed by atoms with E-state index in [1.807, 2.05) is 48.7 Å². The number of nitrogens with one attached hydrogen (secondary N) is 2. The standard InChI is InChI=1S/C25H23N3O5/c1-32-23-12-6-10-19(24(23)33-2)21(20-14-26-22-11-4-3-9-18(20)22)15-27-25(29)16-7-5-8-17(13-16)28(30)31/h3-14,21,26H,15H2,1-2H3,(H,27,29). The molecule has 1 unspecified atom stereocenters. The van der Waals surface area contributed by atoms with Crippen molar-refractivity contribution in [2.45, 2.75) is 5.92 Å². The maximum Gasteiger partial charge on any atom is 0.270 e. The number of methoxy groups -OCH3 is 2. The molecule has 0 saturated carbocycles. The Morgan fingerprint density at radius 1 is 1.03 bits per heavy atom. The lowest BCUT2D eigenvalue weighted by molar-refractivity contribution is -0.384. The molecule has 0 bridgehead atoms. The number of carbonyl (C=O) groups is 1. The van der Waals surface area contributed by atoms with Crippen LogP contribution in [0.2, 0.25) is 0 Å². The highest BCUT2D eigenvalue weighted by molar-refractivity contribution is 5.95. The SMILES string of the molecule is COc1cccc(C(CNC(=O)c2cccc([N+](=O)[O-])c2)c2c[nH]c3ccccc23)c1OC. The Labute approximate surface area is 190 Å². The molecule has 8 nitrogen and oxygen atoms in total. The number of fused-ring (bicyclic) bond motifs is 1. The molecular formula is C25H23N3O5. The minimum Gasteiger partial charge on any atom is -0.493 e. The number of H-pyrrole nitrogens is 1. The molecule has 3 aromatic carbocycles. The quantitative estimate of drug-likeness (QED) is 0.303. The number of para-hydroxylation sites is 2. The molecule has 1 heterocycles. The smallest absolute Gasteiger partial charge is 0.270 e. The summed E-state index contributed by atoms with van der Waals surface area (Å²) in [4.78, 5) is 26.7. The molecule has 1 aromatic heterocycles. The molecule has 168 valence electrons. The minimum atomic E-state index is -0.521. The van der Waals surface area contributed by atoms with Crippen molar-refractivity contribution in [3.8, 4) is 11.5 Å². The number of benzene rings is 3. The third-order valence-electron chi connectivity index (χ3n) is 5.59. The molecule has 8 heteroatoms. The van der Waals surface area contributed by atoms with Gasteiger partial charge in [0.15, 0.2) is 11.5 Å².